The quantitative estimate of drug-likeness (QED) is 0.898. The van der Waals surface area contributed by atoms with Crippen LogP contribution in [0.3, 0.4) is 0 Å². The lowest BCUT2D eigenvalue weighted by atomic mass is 9.93. The van der Waals surface area contributed by atoms with E-state index in [9.17, 15) is 18.3 Å². The minimum absolute atomic E-state index is 0.0245. The average molecular weight is 302 g/mol. The van der Waals surface area contributed by atoms with Gasteiger partial charge in [0.2, 0.25) is 0 Å². The summed E-state index contributed by atoms with van der Waals surface area (Å²) in [5.41, 5.74) is 5.78. The minimum atomic E-state index is -4.35. The van der Waals surface area contributed by atoms with Crippen LogP contribution >= 0.6 is 0 Å². The standard InChI is InChI=1S/C15H21F3N2O/c1-14(2,9-21)8-20-7-11-10(13(20)6-19)4-3-5-12(11)15(16,17)18/h3-5,13,21H,6-9,19H2,1-2H3. The van der Waals surface area contributed by atoms with Crippen molar-refractivity contribution >= 4 is 0 Å². The number of nitrogens with two attached hydrogens (primary N) is 1. The van der Waals surface area contributed by atoms with Crippen LogP contribution in [0.4, 0.5) is 13.2 Å². The summed E-state index contributed by atoms with van der Waals surface area (Å²) >= 11 is 0. The predicted octanol–water partition coefficient (Wildman–Crippen LogP) is 2.54. The minimum Gasteiger partial charge on any atom is -0.396 e. The highest BCUT2D eigenvalue weighted by Crippen LogP contribution is 2.42. The Balaban J connectivity index is 2.37. The molecule has 6 heteroatoms. The molecule has 1 aromatic rings. The third kappa shape index (κ3) is 3.22. The molecular weight excluding hydrogens is 281 g/mol. The Morgan fingerprint density at radius 3 is 2.52 bits per heavy atom. The van der Waals surface area contributed by atoms with E-state index >= 15 is 0 Å². The number of aliphatic hydroxyl groups is 1. The maximum atomic E-state index is 13.1. The summed E-state index contributed by atoms with van der Waals surface area (Å²) in [4.78, 5) is 1.93. The second-order valence-corrected chi connectivity index (χ2v) is 6.35. The molecule has 0 spiro atoms. The number of hydrogen-bond acceptors (Lipinski definition) is 3. The number of hydrogen-bond donors (Lipinski definition) is 2. The molecule has 1 atom stereocenters. The van der Waals surface area contributed by atoms with Gasteiger partial charge in [0.25, 0.3) is 0 Å². The van der Waals surface area contributed by atoms with Crippen molar-refractivity contribution < 1.29 is 18.3 Å². The van der Waals surface area contributed by atoms with Gasteiger partial charge in [0, 0.05) is 37.7 Å². The molecular formula is C15H21F3N2O. The number of aliphatic hydroxyl groups excluding tert-OH is 1. The first kappa shape index (κ1) is 16.3. The fraction of sp³-hybridized carbons (Fsp3) is 0.600. The molecule has 0 saturated heterocycles. The zero-order valence-corrected chi connectivity index (χ0v) is 12.2. The van der Waals surface area contributed by atoms with Crippen LogP contribution in [0.5, 0.6) is 0 Å². The van der Waals surface area contributed by atoms with E-state index in [1.54, 1.807) is 6.07 Å². The molecule has 0 bridgehead atoms. The molecule has 3 N–H and O–H groups in total. The molecule has 0 fully saturated rings. The molecule has 0 saturated carbocycles. The molecule has 1 heterocycles. The highest BCUT2D eigenvalue weighted by atomic mass is 19.4. The van der Waals surface area contributed by atoms with Gasteiger partial charge in [-0.15, -0.1) is 0 Å². The van der Waals surface area contributed by atoms with E-state index in [1.165, 1.54) is 6.07 Å². The highest BCUT2D eigenvalue weighted by molar-refractivity contribution is 5.42. The smallest absolute Gasteiger partial charge is 0.396 e. The third-order valence-electron chi connectivity index (χ3n) is 3.96. The largest absolute Gasteiger partial charge is 0.416 e. The predicted molar refractivity (Wildman–Crippen MR) is 74.5 cm³/mol. The summed E-state index contributed by atoms with van der Waals surface area (Å²) in [7, 11) is 0. The molecule has 1 aromatic carbocycles. The van der Waals surface area contributed by atoms with Gasteiger partial charge in [-0.25, -0.2) is 0 Å². The van der Waals surface area contributed by atoms with E-state index in [0.29, 0.717) is 17.7 Å². The van der Waals surface area contributed by atoms with E-state index in [2.05, 4.69) is 0 Å². The Morgan fingerprint density at radius 2 is 2.00 bits per heavy atom. The van der Waals surface area contributed by atoms with Crippen LogP contribution in [-0.2, 0) is 12.7 Å². The van der Waals surface area contributed by atoms with Crippen LogP contribution in [0.2, 0.25) is 0 Å². The second kappa shape index (κ2) is 5.59. The van der Waals surface area contributed by atoms with Crippen molar-refractivity contribution in [1.29, 1.82) is 0 Å². The van der Waals surface area contributed by atoms with Crippen LogP contribution < -0.4 is 5.73 Å². The van der Waals surface area contributed by atoms with E-state index in [1.807, 2.05) is 18.7 Å². The van der Waals surface area contributed by atoms with Gasteiger partial charge in [0.05, 0.1) is 5.56 Å². The molecule has 2 rings (SSSR count). The van der Waals surface area contributed by atoms with E-state index in [-0.39, 0.29) is 31.2 Å². The van der Waals surface area contributed by atoms with Crippen LogP contribution in [0.25, 0.3) is 0 Å². The lowest BCUT2D eigenvalue weighted by Crippen LogP contribution is -2.37. The highest BCUT2D eigenvalue weighted by Gasteiger charge is 2.40. The number of rotatable bonds is 4. The fourth-order valence-corrected chi connectivity index (χ4v) is 2.91. The third-order valence-corrected chi connectivity index (χ3v) is 3.96. The zero-order valence-electron chi connectivity index (χ0n) is 12.2. The van der Waals surface area contributed by atoms with Crippen molar-refractivity contribution in [2.24, 2.45) is 11.1 Å². The molecule has 0 radical (unpaired) electrons. The van der Waals surface area contributed by atoms with Crippen molar-refractivity contribution in [1.82, 2.24) is 4.90 Å². The van der Waals surface area contributed by atoms with Crippen LogP contribution in [0.1, 0.15) is 36.6 Å². The molecule has 0 aromatic heterocycles. The van der Waals surface area contributed by atoms with Gasteiger partial charge in [-0.05, 0) is 17.2 Å². The number of fused-ring (bicyclic) bond motifs is 1. The Hall–Kier alpha value is -1.11. The van der Waals surface area contributed by atoms with Crippen molar-refractivity contribution in [3.05, 3.63) is 34.9 Å². The zero-order chi connectivity index (χ0) is 15.8. The van der Waals surface area contributed by atoms with Gasteiger partial charge in [-0.3, -0.25) is 4.90 Å². The SMILES string of the molecule is CC(C)(CO)CN1Cc2c(cccc2C(F)(F)F)C1CN. The van der Waals surface area contributed by atoms with Crippen LogP contribution in [-0.4, -0.2) is 29.7 Å². The van der Waals surface area contributed by atoms with Crippen molar-refractivity contribution in [2.45, 2.75) is 32.6 Å². The molecule has 1 aliphatic heterocycles. The number of halogens is 3. The molecule has 118 valence electrons. The summed E-state index contributed by atoms with van der Waals surface area (Å²) in [5, 5.41) is 9.38. The summed E-state index contributed by atoms with van der Waals surface area (Å²) < 4.78 is 39.3. The van der Waals surface area contributed by atoms with Crippen LogP contribution in [0, 0.1) is 5.41 Å². The summed E-state index contributed by atoms with van der Waals surface area (Å²) in [6.45, 7) is 4.72. The van der Waals surface area contributed by atoms with Gasteiger partial charge in [-0.2, -0.15) is 13.2 Å². The Kier molecular flexibility index (Phi) is 4.33. The van der Waals surface area contributed by atoms with Crippen molar-refractivity contribution in [2.75, 3.05) is 19.7 Å². The van der Waals surface area contributed by atoms with Crippen molar-refractivity contribution in [3.8, 4) is 0 Å². The number of nitrogens with zero attached hydrogens (tertiary/aromatic N) is 1. The molecule has 3 nitrogen and oxygen atoms in total. The normalized spacial score (nSPS) is 19.9. The maximum absolute atomic E-state index is 13.1. The van der Waals surface area contributed by atoms with Gasteiger partial charge < -0.3 is 10.8 Å². The van der Waals surface area contributed by atoms with Gasteiger partial charge >= 0.3 is 6.18 Å². The van der Waals surface area contributed by atoms with Gasteiger partial charge in [0.15, 0.2) is 0 Å². The van der Waals surface area contributed by atoms with Gasteiger partial charge in [-0.1, -0.05) is 26.0 Å². The lowest BCUT2D eigenvalue weighted by Gasteiger charge is -2.32. The molecule has 21 heavy (non-hydrogen) atoms. The van der Waals surface area contributed by atoms with Gasteiger partial charge in [0.1, 0.15) is 0 Å². The lowest BCUT2D eigenvalue weighted by molar-refractivity contribution is -0.138. The number of benzene rings is 1. The topological polar surface area (TPSA) is 49.5 Å². The summed E-state index contributed by atoms with van der Waals surface area (Å²) in [6, 6.07) is 4.04. The van der Waals surface area contributed by atoms with E-state index in [0.717, 1.165) is 6.07 Å². The molecule has 1 aliphatic rings. The Morgan fingerprint density at radius 1 is 1.33 bits per heavy atom. The summed E-state index contributed by atoms with van der Waals surface area (Å²) in [6.07, 6.45) is -4.35. The van der Waals surface area contributed by atoms with Crippen molar-refractivity contribution in [3.63, 3.8) is 0 Å². The maximum Gasteiger partial charge on any atom is 0.416 e. The first-order chi connectivity index (χ1) is 9.69. The second-order valence-electron chi connectivity index (χ2n) is 6.35. The van der Waals surface area contributed by atoms with E-state index < -0.39 is 11.7 Å². The Bertz CT molecular complexity index is 514. The average Bonchev–Trinajstić information content (AvgIpc) is 2.73. The number of alkyl halides is 3. The first-order valence-corrected chi connectivity index (χ1v) is 6.93. The molecule has 0 aliphatic carbocycles. The first-order valence-electron chi connectivity index (χ1n) is 6.93. The Labute approximate surface area is 122 Å². The molecule has 1 unspecified atom stereocenters. The monoisotopic (exact) mass is 302 g/mol. The molecule has 0 amide bonds. The summed E-state index contributed by atoms with van der Waals surface area (Å²) in [5.74, 6) is 0. The fourth-order valence-electron chi connectivity index (χ4n) is 2.91. The van der Waals surface area contributed by atoms with E-state index in [4.69, 9.17) is 5.73 Å². The van der Waals surface area contributed by atoms with Crippen LogP contribution in [0.15, 0.2) is 18.2 Å².